The van der Waals surface area contributed by atoms with E-state index in [9.17, 15) is 20.2 Å². The first-order valence-electron chi connectivity index (χ1n) is 8.82. The minimum atomic E-state index is -1.68. The molecule has 0 saturated carbocycles. The summed E-state index contributed by atoms with van der Waals surface area (Å²) in [5.74, 6) is -1.23. The number of hydrogen-bond donors (Lipinski definition) is 1. The molecule has 0 spiro atoms. The molecule has 3 rings (SSSR count). The van der Waals surface area contributed by atoms with Crippen molar-refractivity contribution in [2.75, 3.05) is 13.1 Å². The van der Waals surface area contributed by atoms with Crippen molar-refractivity contribution in [3.63, 3.8) is 0 Å². The zero-order valence-electron chi connectivity index (χ0n) is 15.3. The van der Waals surface area contributed by atoms with E-state index in [0.717, 1.165) is 5.57 Å². The molecule has 0 fully saturated rings. The molecule has 136 valence electrons. The second kappa shape index (κ2) is 6.88. The third-order valence-electron chi connectivity index (χ3n) is 5.65. The van der Waals surface area contributed by atoms with Gasteiger partial charge < -0.3 is 5.73 Å². The normalized spacial score (nSPS) is 24.4. The van der Waals surface area contributed by atoms with E-state index in [2.05, 4.69) is 37.0 Å². The van der Waals surface area contributed by atoms with Gasteiger partial charge in [-0.3, -0.25) is 4.90 Å². The van der Waals surface area contributed by atoms with Crippen LogP contribution in [-0.4, -0.2) is 24.0 Å². The molecule has 0 bridgehead atoms. The molecular weight excluding hydrogens is 341 g/mol. The van der Waals surface area contributed by atoms with E-state index in [1.54, 1.807) is 12.1 Å². The number of nitriles is 3. The number of hydrogen-bond acceptors (Lipinski definition) is 5. The van der Waals surface area contributed by atoms with Crippen LogP contribution >= 0.6 is 0 Å². The van der Waals surface area contributed by atoms with Crippen LogP contribution in [0, 0.1) is 51.1 Å². The van der Waals surface area contributed by atoms with E-state index in [1.165, 1.54) is 12.1 Å². The van der Waals surface area contributed by atoms with E-state index in [1.807, 2.05) is 6.08 Å². The van der Waals surface area contributed by atoms with Crippen LogP contribution in [0.5, 0.6) is 0 Å². The molecule has 1 aliphatic carbocycles. The highest BCUT2D eigenvalue weighted by Crippen LogP contribution is 2.54. The van der Waals surface area contributed by atoms with Gasteiger partial charge in [0, 0.05) is 31.0 Å². The van der Waals surface area contributed by atoms with Gasteiger partial charge in [0.05, 0.1) is 23.4 Å². The van der Waals surface area contributed by atoms with Crippen LogP contribution in [0.15, 0.2) is 47.2 Å². The Morgan fingerprint density at radius 2 is 1.81 bits per heavy atom. The molecule has 27 heavy (non-hydrogen) atoms. The van der Waals surface area contributed by atoms with Crippen molar-refractivity contribution in [1.82, 2.24) is 4.90 Å². The lowest BCUT2D eigenvalue weighted by atomic mass is 9.58. The Morgan fingerprint density at radius 1 is 1.19 bits per heavy atom. The monoisotopic (exact) mass is 361 g/mol. The van der Waals surface area contributed by atoms with E-state index < -0.39 is 17.2 Å². The van der Waals surface area contributed by atoms with Crippen LogP contribution in [0.25, 0.3) is 0 Å². The SMILES string of the molecule is CC(C)N1CC=C2C(C#N)=C(N)C(C#N)(C#N)C(c3ccc(F)cc3)[C@H]2C1. The Hall–Kier alpha value is -3.14. The number of benzene rings is 1. The van der Waals surface area contributed by atoms with Gasteiger partial charge in [-0.25, -0.2) is 4.39 Å². The fourth-order valence-electron chi connectivity index (χ4n) is 4.17. The summed E-state index contributed by atoms with van der Waals surface area (Å²) in [7, 11) is 0. The average Bonchev–Trinajstić information content (AvgIpc) is 2.67. The molecule has 2 N–H and O–H groups in total. The number of fused-ring (bicyclic) bond motifs is 1. The lowest BCUT2D eigenvalue weighted by Gasteiger charge is -2.46. The molecule has 5 nitrogen and oxygen atoms in total. The quantitative estimate of drug-likeness (QED) is 0.873. The topological polar surface area (TPSA) is 101 Å². The molecule has 0 amide bonds. The first kappa shape index (κ1) is 18.6. The van der Waals surface area contributed by atoms with Gasteiger partial charge in [0.2, 0.25) is 0 Å². The standard InChI is InChI=1S/C21H20FN5/c1-13(2)27-8-7-16-17(9-23)20(26)21(11-24,12-25)19(18(16)10-27)14-3-5-15(22)6-4-14/h3-7,13,18-19H,8,10,26H2,1-2H3/t18-,19?/m0/s1. The molecule has 0 radical (unpaired) electrons. The van der Waals surface area contributed by atoms with Crippen LogP contribution in [0.2, 0.25) is 0 Å². The third kappa shape index (κ3) is 2.78. The van der Waals surface area contributed by atoms with E-state index in [4.69, 9.17) is 5.73 Å². The van der Waals surface area contributed by atoms with Crippen LogP contribution in [0.3, 0.4) is 0 Å². The minimum absolute atomic E-state index is 0.00942. The lowest BCUT2D eigenvalue weighted by molar-refractivity contribution is 0.174. The fraction of sp³-hybridized carbons (Fsp3) is 0.381. The molecule has 0 saturated heterocycles. The highest BCUT2D eigenvalue weighted by molar-refractivity contribution is 5.59. The summed E-state index contributed by atoms with van der Waals surface area (Å²) in [6, 6.07) is 12.4. The summed E-state index contributed by atoms with van der Waals surface area (Å²) in [6.07, 6.45) is 1.97. The highest BCUT2D eigenvalue weighted by Gasteiger charge is 2.54. The Bertz CT molecular complexity index is 923. The summed E-state index contributed by atoms with van der Waals surface area (Å²) in [5, 5.41) is 29.6. The number of nitrogens with zero attached hydrogens (tertiary/aromatic N) is 4. The summed E-state index contributed by atoms with van der Waals surface area (Å²) in [6.45, 7) is 5.41. The molecule has 1 aliphatic heterocycles. The van der Waals surface area contributed by atoms with Crippen LogP contribution in [0.1, 0.15) is 25.3 Å². The van der Waals surface area contributed by atoms with Crippen molar-refractivity contribution in [1.29, 1.82) is 15.8 Å². The molecule has 1 aromatic rings. The third-order valence-corrected chi connectivity index (χ3v) is 5.65. The van der Waals surface area contributed by atoms with Crippen molar-refractivity contribution in [3.05, 3.63) is 58.6 Å². The van der Waals surface area contributed by atoms with Gasteiger partial charge in [-0.05, 0) is 37.1 Å². The van der Waals surface area contributed by atoms with Crippen molar-refractivity contribution in [3.8, 4) is 18.2 Å². The highest BCUT2D eigenvalue weighted by atomic mass is 19.1. The van der Waals surface area contributed by atoms with Crippen LogP contribution in [0.4, 0.5) is 4.39 Å². The zero-order chi connectivity index (χ0) is 19.8. The van der Waals surface area contributed by atoms with Gasteiger partial charge in [0.15, 0.2) is 5.41 Å². The van der Waals surface area contributed by atoms with Gasteiger partial charge in [-0.1, -0.05) is 18.2 Å². The first-order chi connectivity index (χ1) is 12.9. The van der Waals surface area contributed by atoms with Gasteiger partial charge in [0.25, 0.3) is 0 Å². The lowest BCUT2D eigenvalue weighted by Crippen LogP contribution is -2.49. The molecule has 6 heteroatoms. The van der Waals surface area contributed by atoms with Crippen molar-refractivity contribution >= 4 is 0 Å². The molecule has 1 aromatic carbocycles. The number of rotatable bonds is 2. The molecular formula is C21H20FN5. The predicted molar refractivity (Wildman–Crippen MR) is 97.9 cm³/mol. The van der Waals surface area contributed by atoms with Crippen molar-refractivity contribution in [2.45, 2.75) is 25.8 Å². The first-order valence-corrected chi connectivity index (χ1v) is 8.82. The van der Waals surface area contributed by atoms with Crippen LogP contribution < -0.4 is 5.73 Å². The van der Waals surface area contributed by atoms with Gasteiger partial charge in [-0.2, -0.15) is 15.8 Å². The maximum Gasteiger partial charge on any atom is 0.191 e. The summed E-state index contributed by atoms with van der Waals surface area (Å²) < 4.78 is 13.5. The molecule has 1 unspecified atom stereocenters. The summed E-state index contributed by atoms with van der Waals surface area (Å²) in [5.41, 5.74) is 6.22. The molecule has 1 heterocycles. The largest absolute Gasteiger partial charge is 0.399 e. The molecule has 0 aromatic heterocycles. The molecule has 2 aliphatic rings. The van der Waals surface area contributed by atoms with E-state index in [0.29, 0.717) is 18.7 Å². The van der Waals surface area contributed by atoms with Gasteiger partial charge in [-0.15, -0.1) is 0 Å². The predicted octanol–water partition coefficient (Wildman–Crippen LogP) is 2.96. The van der Waals surface area contributed by atoms with E-state index in [-0.39, 0.29) is 23.2 Å². The maximum absolute atomic E-state index is 13.5. The smallest absolute Gasteiger partial charge is 0.191 e. The van der Waals surface area contributed by atoms with Gasteiger partial charge in [0.1, 0.15) is 11.9 Å². The number of nitrogens with two attached hydrogens (primary N) is 1. The van der Waals surface area contributed by atoms with Crippen molar-refractivity contribution < 1.29 is 4.39 Å². The van der Waals surface area contributed by atoms with E-state index >= 15 is 0 Å². The number of allylic oxidation sites excluding steroid dienone is 2. The second-order valence-corrected chi connectivity index (χ2v) is 7.27. The molecule has 2 atom stereocenters. The Labute approximate surface area is 158 Å². The maximum atomic E-state index is 13.5. The number of halogens is 1. The Balaban J connectivity index is 2.29. The average molecular weight is 361 g/mol. The fourth-order valence-corrected chi connectivity index (χ4v) is 4.17. The Kier molecular flexibility index (Phi) is 4.75. The summed E-state index contributed by atoms with van der Waals surface area (Å²) >= 11 is 0. The Morgan fingerprint density at radius 3 is 2.33 bits per heavy atom. The van der Waals surface area contributed by atoms with Crippen molar-refractivity contribution in [2.24, 2.45) is 17.1 Å². The van der Waals surface area contributed by atoms with Gasteiger partial charge >= 0.3 is 0 Å². The zero-order valence-corrected chi connectivity index (χ0v) is 15.3. The second-order valence-electron chi connectivity index (χ2n) is 7.27. The summed E-state index contributed by atoms with van der Waals surface area (Å²) in [4.78, 5) is 2.22. The van der Waals surface area contributed by atoms with Crippen LogP contribution in [-0.2, 0) is 0 Å². The minimum Gasteiger partial charge on any atom is -0.399 e.